The van der Waals surface area contributed by atoms with Gasteiger partial charge in [-0.1, -0.05) is 42.5 Å². The lowest BCUT2D eigenvalue weighted by Gasteiger charge is -2.19. The summed E-state index contributed by atoms with van der Waals surface area (Å²) in [5.74, 6) is 1.22. The van der Waals surface area contributed by atoms with E-state index in [-0.39, 0.29) is 5.91 Å². The fraction of sp³-hybridized carbons (Fsp3) is 0.286. The number of pyridine rings is 1. The SMILES string of the molecule is COc1cc(N2Cc3ccc(/C=C\c4ccccc4)nc3C2=O)ccc1OCCN1CCCC1. The molecular formula is C28H29N3O3. The first-order chi connectivity index (χ1) is 16.7. The van der Waals surface area contributed by atoms with Gasteiger partial charge in [0.25, 0.3) is 5.91 Å². The third-order valence-electron chi connectivity index (χ3n) is 6.35. The number of carbonyl (C=O) groups is 1. The van der Waals surface area contributed by atoms with Gasteiger partial charge in [-0.2, -0.15) is 0 Å². The molecule has 0 spiro atoms. The number of anilines is 1. The Labute approximate surface area is 200 Å². The maximum absolute atomic E-state index is 13.2. The Morgan fingerprint density at radius 1 is 0.971 bits per heavy atom. The van der Waals surface area contributed by atoms with Crippen LogP contribution in [-0.4, -0.2) is 49.1 Å². The highest BCUT2D eigenvalue weighted by Gasteiger charge is 2.30. The van der Waals surface area contributed by atoms with E-state index in [1.165, 1.54) is 12.8 Å². The van der Waals surface area contributed by atoms with E-state index in [2.05, 4.69) is 9.88 Å². The standard InChI is InChI=1S/C28H29N3O3/c1-33-26-19-24(13-14-25(26)34-18-17-30-15-5-6-16-30)31-20-22-10-12-23(29-27(22)28(31)32)11-9-21-7-3-2-4-8-21/h2-4,7-14,19H,5-6,15-18,20H2,1H3/b11-9-. The van der Waals surface area contributed by atoms with E-state index >= 15 is 0 Å². The first-order valence-electron chi connectivity index (χ1n) is 11.8. The van der Waals surface area contributed by atoms with Crippen molar-refractivity contribution in [1.82, 2.24) is 9.88 Å². The van der Waals surface area contributed by atoms with Crippen LogP contribution in [0.25, 0.3) is 12.2 Å². The molecule has 0 N–H and O–H groups in total. The maximum atomic E-state index is 13.2. The predicted molar refractivity (Wildman–Crippen MR) is 134 cm³/mol. The van der Waals surface area contributed by atoms with Crippen LogP contribution in [0.2, 0.25) is 0 Å². The van der Waals surface area contributed by atoms with Gasteiger partial charge in [-0.3, -0.25) is 9.69 Å². The van der Waals surface area contributed by atoms with Gasteiger partial charge in [0.05, 0.1) is 19.3 Å². The summed E-state index contributed by atoms with van der Waals surface area (Å²) in [6, 6.07) is 19.6. The quantitative estimate of drug-likeness (QED) is 0.484. The topological polar surface area (TPSA) is 54.9 Å². The Morgan fingerprint density at radius 3 is 2.59 bits per heavy atom. The Balaban J connectivity index is 1.28. The summed E-state index contributed by atoms with van der Waals surface area (Å²) >= 11 is 0. The second kappa shape index (κ2) is 10.1. The highest BCUT2D eigenvalue weighted by molar-refractivity contribution is 6.09. The molecule has 6 nitrogen and oxygen atoms in total. The number of amides is 1. The summed E-state index contributed by atoms with van der Waals surface area (Å²) in [6.45, 7) is 4.32. The number of hydrogen-bond acceptors (Lipinski definition) is 5. The van der Waals surface area contributed by atoms with E-state index in [4.69, 9.17) is 9.47 Å². The van der Waals surface area contributed by atoms with Crippen LogP contribution in [0.5, 0.6) is 11.5 Å². The maximum Gasteiger partial charge on any atom is 0.277 e. The lowest BCUT2D eigenvalue weighted by molar-refractivity contribution is 0.0992. The molecule has 34 heavy (non-hydrogen) atoms. The van der Waals surface area contributed by atoms with Crippen molar-refractivity contribution in [2.45, 2.75) is 19.4 Å². The van der Waals surface area contributed by atoms with E-state index in [1.54, 1.807) is 12.0 Å². The van der Waals surface area contributed by atoms with Gasteiger partial charge in [-0.05, 0) is 55.8 Å². The van der Waals surface area contributed by atoms with Crippen molar-refractivity contribution in [1.29, 1.82) is 0 Å². The second-order valence-corrected chi connectivity index (χ2v) is 8.61. The number of methoxy groups -OCH3 is 1. The number of benzene rings is 2. The third kappa shape index (κ3) is 4.82. The van der Waals surface area contributed by atoms with Gasteiger partial charge in [0, 0.05) is 23.9 Å². The molecule has 0 saturated carbocycles. The Morgan fingerprint density at radius 2 is 1.79 bits per heavy atom. The molecule has 1 saturated heterocycles. The van der Waals surface area contributed by atoms with Crippen molar-refractivity contribution in [2.24, 2.45) is 0 Å². The van der Waals surface area contributed by atoms with Gasteiger partial charge in [0.15, 0.2) is 11.5 Å². The molecule has 2 aliphatic heterocycles. The zero-order valence-electron chi connectivity index (χ0n) is 19.4. The normalized spacial score (nSPS) is 15.8. The minimum absolute atomic E-state index is 0.102. The number of fused-ring (bicyclic) bond motifs is 1. The molecule has 1 fully saturated rings. The van der Waals surface area contributed by atoms with Crippen molar-refractivity contribution >= 4 is 23.7 Å². The lowest BCUT2D eigenvalue weighted by Crippen LogP contribution is -2.25. The van der Waals surface area contributed by atoms with Crippen LogP contribution in [0.3, 0.4) is 0 Å². The molecular weight excluding hydrogens is 426 g/mol. The molecule has 1 aromatic heterocycles. The van der Waals surface area contributed by atoms with Crippen molar-refractivity contribution in [3.05, 3.63) is 83.2 Å². The molecule has 2 aliphatic rings. The van der Waals surface area contributed by atoms with Gasteiger partial charge >= 0.3 is 0 Å². The summed E-state index contributed by atoms with van der Waals surface area (Å²) in [7, 11) is 1.62. The molecule has 0 atom stereocenters. The van der Waals surface area contributed by atoms with Gasteiger partial charge in [0.2, 0.25) is 0 Å². The third-order valence-corrected chi connectivity index (χ3v) is 6.35. The van der Waals surface area contributed by atoms with Gasteiger partial charge < -0.3 is 14.4 Å². The van der Waals surface area contributed by atoms with Crippen molar-refractivity contribution in [3.63, 3.8) is 0 Å². The lowest BCUT2D eigenvalue weighted by atomic mass is 10.1. The van der Waals surface area contributed by atoms with Gasteiger partial charge in [-0.15, -0.1) is 0 Å². The average Bonchev–Trinajstić information content (AvgIpc) is 3.51. The van der Waals surface area contributed by atoms with Crippen LogP contribution in [0.15, 0.2) is 60.7 Å². The minimum atomic E-state index is -0.102. The predicted octanol–water partition coefficient (Wildman–Crippen LogP) is 4.90. The van der Waals surface area contributed by atoms with Gasteiger partial charge in [-0.25, -0.2) is 4.98 Å². The molecule has 3 aromatic rings. The number of nitrogens with zero attached hydrogens (tertiary/aromatic N) is 3. The first-order valence-corrected chi connectivity index (χ1v) is 11.8. The monoisotopic (exact) mass is 455 g/mol. The second-order valence-electron chi connectivity index (χ2n) is 8.61. The van der Waals surface area contributed by atoms with E-state index in [0.29, 0.717) is 30.3 Å². The number of likely N-dealkylation sites (tertiary alicyclic amines) is 1. The largest absolute Gasteiger partial charge is 0.493 e. The highest BCUT2D eigenvalue weighted by Crippen LogP contribution is 2.35. The number of aromatic nitrogens is 1. The van der Waals surface area contributed by atoms with Crippen molar-refractivity contribution < 1.29 is 14.3 Å². The Bertz CT molecular complexity index is 1190. The summed E-state index contributed by atoms with van der Waals surface area (Å²) in [4.78, 5) is 22.0. The molecule has 1 amide bonds. The van der Waals surface area contributed by atoms with E-state index in [1.807, 2.05) is 72.8 Å². The first kappa shape index (κ1) is 22.2. The van der Waals surface area contributed by atoms with E-state index < -0.39 is 0 Å². The molecule has 5 rings (SSSR count). The molecule has 0 unspecified atom stereocenters. The van der Waals surface area contributed by atoms with Crippen LogP contribution in [-0.2, 0) is 6.54 Å². The van der Waals surface area contributed by atoms with Crippen LogP contribution < -0.4 is 14.4 Å². The van der Waals surface area contributed by atoms with Crippen molar-refractivity contribution in [3.8, 4) is 11.5 Å². The zero-order chi connectivity index (χ0) is 23.3. The minimum Gasteiger partial charge on any atom is -0.493 e. The average molecular weight is 456 g/mol. The molecule has 3 heterocycles. The van der Waals surface area contributed by atoms with Crippen LogP contribution in [0, 0.1) is 0 Å². The molecule has 6 heteroatoms. The molecule has 174 valence electrons. The van der Waals surface area contributed by atoms with Crippen molar-refractivity contribution in [2.75, 3.05) is 38.3 Å². The van der Waals surface area contributed by atoms with Gasteiger partial charge in [0.1, 0.15) is 12.3 Å². The van der Waals surface area contributed by atoms with E-state index in [9.17, 15) is 4.79 Å². The highest BCUT2D eigenvalue weighted by atomic mass is 16.5. The fourth-order valence-electron chi connectivity index (χ4n) is 4.47. The number of carbonyl (C=O) groups excluding carboxylic acids is 1. The number of hydrogen-bond donors (Lipinski definition) is 0. The van der Waals surface area contributed by atoms with Crippen LogP contribution >= 0.6 is 0 Å². The smallest absolute Gasteiger partial charge is 0.277 e. The number of ether oxygens (including phenoxy) is 2. The summed E-state index contributed by atoms with van der Waals surface area (Å²) in [6.07, 6.45) is 6.47. The zero-order valence-corrected chi connectivity index (χ0v) is 19.4. The van der Waals surface area contributed by atoms with E-state index in [0.717, 1.165) is 42.1 Å². The Kier molecular flexibility index (Phi) is 6.58. The molecule has 0 bridgehead atoms. The fourth-order valence-corrected chi connectivity index (χ4v) is 4.47. The summed E-state index contributed by atoms with van der Waals surface area (Å²) in [5, 5.41) is 0. The number of rotatable bonds is 8. The Hall–Kier alpha value is -3.64. The summed E-state index contributed by atoms with van der Waals surface area (Å²) < 4.78 is 11.6. The molecule has 0 radical (unpaired) electrons. The molecule has 2 aromatic carbocycles. The van der Waals surface area contributed by atoms with Crippen LogP contribution in [0.4, 0.5) is 5.69 Å². The summed E-state index contributed by atoms with van der Waals surface area (Å²) in [5.41, 5.74) is 4.05. The van der Waals surface area contributed by atoms with Crippen LogP contribution in [0.1, 0.15) is 40.2 Å². The molecule has 0 aliphatic carbocycles.